The van der Waals surface area contributed by atoms with Crippen molar-refractivity contribution in [1.82, 2.24) is 0 Å². The molecule has 1 fully saturated rings. The standard InChI is InChI=1S/C20H19N3O5/c1-11(24)21-12-3-2-4-13(7-12)22-19(25)15-9-16(15)20(26)23-14-5-6-17-18(8-14)28-10-27-17/h2-8,15-16H,9-10H2,1H3,(H,21,24)(H,22,25)(H,23,26). The van der Waals surface area contributed by atoms with Crippen molar-refractivity contribution in [1.29, 1.82) is 0 Å². The van der Waals surface area contributed by atoms with Crippen LogP contribution in [0.1, 0.15) is 13.3 Å². The lowest BCUT2D eigenvalue weighted by Gasteiger charge is -2.08. The van der Waals surface area contributed by atoms with Gasteiger partial charge in [-0.2, -0.15) is 0 Å². The summed E-state index contributed by atoms with van der Waals surface area (Å²) in [6.45, 7) is 1.58. The van der Waals surface area contributed by atoms with Crippen molar-refractivity contribution in [3.05, 3.63) is 42.5 Å². The number of hydrogen-bond donors (Lipinski definition) is 3. The first-order valence-corrected chi connectivity index (χ1v) is 8.88. The molecule has 1 saturated carbocycles. The Hall–Kier alpha value is -3.55. The van der Waals surface area contributed by atoms with Crippen LogP contribution in [0, 0.1) is 11.8 Å². The predicted octanol–water partition coefficient (Wildman–Crippen LogP) is 2.59. The molecule has 1 aliphatic heterocycles. The third kappa shape index (κ3) is 3.90. The molecule has 1 heterocycles. The van der Waals surface area contributed by atoms with Crippen LogP contribution in [0.2, 0.25) is 0 Å². The van der Waals surface area contributed by atoms with Crippen LogP contribution in [-0.4, -0.2) is 24.5 Å². The number of ether oxygens (including phenoxy) is 2. The first kappa shape index (κ1) is 17.8. The highest BCUT2D eigenvalue weighted by Gasteiger charge is 2.48. The summed E-state index contributed by atoms with van der Waals surface area (Å²) in [7, 11) is 0. The number of benzene rings is 2. The van der Waals surface area contributed by atoms with E-state index in [1.54, 1.807) is 42.5 Å². The van der Waals surface area contributed by atoms with E-state index < -0.39 is 0 Å². The minimum atomic E-state index is -0.376. The molecule has 2 aromatic carbocycles. The molecule has 28 heavy (non-hydrogen) atoms. The van der Waals surface area contributed by atoms with Crippen LogP contribution in [0.4, 0.5) is 17.1 Å². The molecule has 0 radical (unpaired) electrons. The largest absolute Gasteiger partial charge is 0.454 e. The van der Waals surface area contributed by atoms with E-state index >= 15 is 0 Å². The maximum atomic E-state index is 12.4. The van der Waals surface area contributed by atoms with Crippen LogP contribution < -0.4 is 25.4 Å². The lowest BCUT2D eigenvalue weighted by molar-refractivity contribution is -0.122. The van der Waals surface area contributed by atoms with Crippen molar-refractivity contribution in [3.63, 3.8) is 0 Å². The summed E-state index contributed by atoms with van der Waals surface area (Å²) in [6, 6.07) is 12.0. The molecule has 2 unspecified atom stereocenters. The highest BCUT2D eigenvalue weighted by molar-refractivity contribution is 6.03. The number of carbonyl (C=O) groups excluding carboxylic acids is 3. The van der Waals surface area contributed by atoms with Crippen LogP contribution in [0.25, 0.3) is 0 Å². The molecule has 2 aliphatic rings. The van der Waals surface area contributed by atoms with Crippen LogP contribution in [0.3, 0.4) is 0 Å². The van der Waals surface area contributed by atoms with Crippen LogP contribution in [-0.2, 0) is 14.4 Å². The molecule has 3 N–H and O–H groups in total. The fraction of sp³-hybridized carbons (Fsp3) is 0.250. The number of rotatable bonds is 5. The average Bonchev–Trinajstić information content (AvgIpc) is 3.32. The molecule has 2 aromatic rings. The maximum absolute atomic E-state index is 12.4. The van der Waals surface area contributed by atoms with Gasteiger partial charge in [0.05, 0.1) is 11.8 Å². The topological polar surface area (TPSA) is 106 Å². The molecular weight excluding hydrogens is 362 g/mol. The molecule has 2 atom stereocenters. The van der Waals surface area contributed by atoms with Crippen molar-refractivity contribution < 1.29 is 23.9 Å². The van der Waals surface area contributed by atoms with E-state index in [0.717, 1.165) is 0 Å². The fourth-order valence-electron chi connectivity index (χ4n) is 3.10. The van der Waals surface area contributed by atoms with Gasteiger partial charge in [-0.3, -0.25) is 14.4 Å². The molecular formula is C20H19N3O5. The molecule has 0 aromatic heterocycles. The average molecular weight is 381 g/mol. The number of fused-ring (bicyclic) bond motifs is 1. The monoisotopic (exact) mass is 381 g/mol. The molecule has 3 amide bonds. The van der Waals surface area contributed by atoms with Gasteiger partial charge < -0.3 is 25.4 Å². The van der Waals surface area contributed by atoms with Crippen molar-refractivity contribution in [2.75, 3.05) is 22.7 Å². The van der Waals surface area contributed by atoms with Crippen molar-refractivity contribution in [3.8, 4) is 11.5 Å². The quantitative estimate of drug-likeness (QED) is 0.738. The van der Waals surface area contributed by atoms with E-state index in [2.05, 4.69) is 16.0 Å². The summed E-state index contributed by atoms with van der Waals surface area (Å²) in [5, 5.41) is 8.27. The summed E-state index contributed by atoms with van der Waals surface area (Å²) >= 11 is 0. The number of nitrogens with one attached hydrogen (secondary N) is 3. The highest BCUT2D eigenvalue weighted by atomic mass is 16.7. The Labute approximate surface area is 161 Å². The number of carbonyl (C=O) groups is 3. The lowest BCUT2D eigenvalue weighted by Crippen LogP contribution is -2.20. The van der Waals surface area contributed by atoms with Gasteiger partial charge in [-0.05, 0) is 36.8 Å². The summed E-state index contributed by atoms with van der Waals surface area (Å²) < 4.78 is 10.5. The van der Waals surface area contributed by atoms with Gasteiger partial charge in [0, 0.05) is 30.1 Å². The molecule has 0 saturated heterocycles. The number of amides is 3. The molecule has 8 heteroatoms. The molecule has 0 bridgehead atoms. The normalized spacial score (nSPS) is 18.9. The summed E-state index contributed by atoms with van der Waals surface area (Å²) in [5.41, 5.74) is 1.76. The van der Waals surface area contributed by atoms with Crippen LogP contribution >= 0.6 is 0 Å². The van der Waals surface area contributed by atoms with Gasteiger partial charge in [0.25, 0.3) is 0 Å². The van der Waals surface area contributed by atoms with Crippen LogP contribution in [0.5, 0.6) is 11.5 Å². The van der Waals surface area contributed by atoms with E-state index in [0.29, 0.717) is 35.0 Å². The highest BCUT2D eigenvalue weighted by Crippen LogP contribution is 2.41. The molecule has 1 aliphatic carbocycles. The van der Waals surface area contributed by atoms with E-state index in [4.69, 9.17) is 9.47 Å². The second kappa shape index (κ2) is 7.22. The Balaban J connectivity index is 1.33. The minimum absolute atomic E-state index is 0.167. The summed E-state index contributed by atoms with van der Waals surface area (Å²) in [4.78, 5) is 36.0. The molecule has 4 rings (SSSR count). The Bertz CT molecular complexity index is 959. The lowest BCUT2D eigenvalue weighted by atomic mass is 10.2. The Kier molecular flexibility index (Phi) is 4.60. The summed E-state index contributed by atoms with van der Waals surface area (Å²) in [5.74, 6) is -0.129. The first-order valence-electron chi connectivity index (χ1n) is 8.88. The van der Waals surface area contributed by atoms with Crippen molar-refractivity contribution >= 4 is 34.8 Å². The smallest absolute Gasteiger partial charge is 0.231 e. The third-order valence-corrected chi connectivity index (χ3v) is 4.55. The van der Waals surface area contributed by atoms with Crippen molar-refractivity contribution in [2.24, 2.45) is 11.8 Å². The summed E-state index contributed by atoms with van der Waals surface area (Å²) in [6.07, 6.45) is 0.494. The van der Waals surface area contributed by atoms with Gasteiger partial charge >= 0.3 is 0 Å². The first-order chi connectivity index (χ1) is 13.5. The zero-order valence-corrected chi connectivity index (χ0v) is 15.2. The second-order valence-electron chi connectivity index (χ2n) is 6.76. The van der Waals surface area contributed by atoms with Gasteiger partial charge in [0.1, 0.15) is 0 Å². The second-order valence-corrected chi connectivity index (χ2v) is 6.76. The Morgan fingerprint density at radius 3 is 2.11 bits per heavy atom. The third-order valence-electron chi connectivity index (χ3n) is 4.55. The Morgan fingerprint density at radius 2 is 1.43 bits per heavy atom. The zero-order chi connectivity index (χ0) is 19.7. The SMILES string of the molecule is CC(=O)Nc1cccc(NC(=O)C2CC2C(=O)Nc2ccc3c(c2)OCO3)c1. The predicted molar refractivity (Wildman–Crippen MR) is 102 cm³/mol. The van der Waals surface area contributed by atoms with Gasteiger partial charge in [-0.25, -0.2) is 0 Å². The van der Waals surface area contributed by atoms with Gasteiger partial charge in [0.2, 0.25) is 24.5 Å². The molecule has 8 nitrogen and oxygen atoms in total. The number of anilines is 3. The molecule has 144 valence electrons. The molecule has 0 spiro atoms. The van der Waals surface area contributed by atoms with E-state index in [9.17, 15) is 14.4 Å². The van der Waals surface area contributed by atoms with Crippen LogP contribution in [0.15, 0.2) is 42.5 Å². The zero-order valence-electron chi connectivity index (χ0n) is 15.2. The minimum Gasteiger partial charge on any atom is -0.454 e. The van der Waals surface area contributed by atoms with Gasteiger partial charge in [-0.15, -0.1) is 0 Å². The van der Waals surface area contributed by atoms with E-state index in [-0.39, 0.29) is 36.4 Å². The van der Waals surface area contributed by atoms with Gasteiger partial charge in [-0.1, -0.05) is 6.07 Å². The van der Waals surface area contributed by atoms with Crippen molar-refractivity contribution in [2.45, 2.75) is 13.3 Å². The van der Waals surface area contributed by atoms with E-state index in [1.165, 1.54) is 6.92 Å². The Morgan fingerprint density at radius 1 is 0.821 bits per heavy atom. The van der Waals surface area contributed by atoms with Gasteiger partial charge in [0.15, 0.2) is 11.5 Å². The maximum Gasteiger partial charge on any atom is 0.231 e. The van der Waals surface area contributed by atoms with E-state index in [1.807, 2.05) is 0 Å². The fourth-order valence-corrected chi connectivity index (χ4v) is 3.10. The number of hydrogen-bond acceptors (Lipinski definition) is 5.